The highest BCUT2D eigenvalue weighted by Gasteiger charge is 2.38. The maximum Gasteiger partial charge on any atom is 0.229 e. The molecule has 0 radical (unpaired) electrons. The van der Waals surface area contributed by atoms with Crippen LogP contribution >= 0.6 is 11.3 Å². The van der Waals surface area contributed by atoms with E-state index in [0.29, 0.717) is 6.54 Å². The highest BCUT2D eigenvalue weighted by Crippen LogP contribution is 2.27. The number of rotatable bonds is 3. The number of carbonyl (C=O) groups excluding carboxylic acids is 1. The zero-order valence-electron chi connectivity index (χ0n) is 10.6. The molecule has 1 unspecified atom stereocenters. The van der Waals surface area contributed by atoms with E-state index in [4.69, 9.17) is 0 Å². The molecule has 94 valence electrons. The minimum atomic E-state index is -0.229. The van der Waals surface area contributed by atoms with Crippen LogP contribution in [0.1, 0.15) is 23.9 Å². The Morgan fingerprint density at radius 1 is 1.71 bits per heavy atom. The van der Waals surface area contributed by atoms with E-state index in [9.17, 15) is 4.79 Å². The maximum atomic E-state index is 12.4. The molecule has 5 heteroatoms. The van der Waals surface area contributed by atoms with Gasteiger partial charge in [0.15, 0.2) is 0 Å². The zero-order valence-corrected chi connectivity index (χ0v) is 11.4. The summed E-state index contributed by atoms with van der Waals surface area (Å²) < 4.78 is 0. The average Bonchev–Trinajstić information content (AvgIpc) is 2.89. The van der Waals surface area contributed by atoms with E-state index in [1.165, 1.54) is 4.88 Å². The predicted octanol–water partition coefficient (Wildman–Crippen LogP) is 1.41. The van der Waals surface area contributed by atoms with Gasteiger partial charge in [-0.2, -0.15) is 0 Å². The van der Waals surface area contributed by atoms with Crippen LogP contribution in [-0.4, -0.2) is 35.9 Å². The largest absolute Gasteiger partial charge is 0.340 e. The Hall–Kier alpha value is -0.940. The van der Waals surface area contributed by atoms with Crippen molar-refractivity contribution in [1.82, 2.24) is 15.2 Å². The Morgan fingerprint density at radius 2 is 2.47 bits per heavy atom. The number of nitrogens with one attached hydrogen (secondary N) is 1. The molecule has 1 aromatic rings. The lowest BCUT2D eigenvalue weighted by Gasteiger charge is -2.28. The number of aromatic nitrogens is 1. The van der Waals surface area contributed by atoms with E-state index in [1.807, 2.05) is 31.3 Å². The van der Waals surface area contributed by atoms with E-state index in [1.54, 1.807) is 11.3 Å². The molecule has 0 aromatic carbocycles. The average molecular weight is 253 g/mol. The number of nitrogens with zero attached hydrogens (tertiary/aromatic N) is 2. The molecule has 1 saturated heterocycles. The van der Waals surface area contributed by atoms with Crippen LogP contribution in [0, 0.1) is 12.3 Å². The van der Waals surface area contributed by atoms with E-state index in [2.05, 4.69) is 10.3 Å². The van der Waals surface area contributed by atoms with E-state index >= 15 is 0 Å². The van der Waals surface area contributed by atoms with Crippen molar-refractivity contribution >= 4 is 17.2 Å². The molecule has 1 aliphatic rings. The van der Waals surface area contributed by atoms with Gasteiger partial charge in [-0.15, -0.1) is 11.3 Å². The van der Waals surface area contributed by atoms with Crippen LogP contribution in [0.5, 0.6) is 0 Å². The molecular formula is C12H19N3OS. The van der Waals surface area contributed by atoms with Gasteiger partial charge in [-0.25, -0.2) is 4.98 Å². The molecule has 1 aromatic heterocycles. The first kappa shape index (κ1) is 12.5. The van der Waals surface area contributed by atoms with Gasteiger partial charge < -0.3 is 10.2 Å². The second-order valence-electron chi connectivity index (χ2n) is 5.01. The summed E-state index contributed by atoms with van der Waals surface area (Å²) in [7, 11) is 1.88. The second-order valence-corrected chi connectivity index (χ2v) is 5.95. The van der Waals surface area contributed by atoms with Crippen LogP contribution < -0.4 is 5.32 Å². The van der Waals surface area contributed by atoms with Gasteiger partial charge in [-0.3, -0.25) is 4.79 Å². The van der Waals surface area contributed by atoms with Crippen molar-refractivity contribution in [2.24, 2.45) is 5.41 Å². The minimum Gasteiger partial charge on any atom is -0.340 e. The number of carbonyl (C=O) groups is 1. The summed E-state index contributed by atoms with van der Waals surface area (Å²) in [4.78, 5) is 19.6. The summed E-state index contributed by atoms with van der Waals surface area (Å²) in [6, 6.07) is 0. The summed E-state index contributed by atoms with van der Waals surface area (Å²) >= 11 is 1.62. The number of hydrogen-bond donors (Lipinski definition) is 1. The summed E-state index contributed by atoms with van der Waals surface area (Å²) in [5.74, 6) is 0.232. The monoisotopic (exact) mass is 253 g/mol. The van der Waals surface area contributed by atoms with Crippen molar-refractivity contribution < 1.29 is 4.79 Å². The van der Waals surface area contributed by atoms with Crippen molar-refractivity contribution in [3.05, 3.63) is 16.1 Å². The Labute approximate surface area is 106 Å². The lowest BCUT2D eigenvalue weighted by molar-refractivity contribution is -0.139. The van der Waals surface area contributed by atoms with Crippen LogP contribution in [0.2, 0.25) is 0 Å². The minimum absolute atomic E-state index is 0.229. The fraction of sp³-hybridized carbons (Fsp3) is 0.667. The Kier molecular flexibility index (Phi) is 3.49. The molecule has 1 atom stereocenters. The first-order valence-corrected chi connectivity index (χ1v) is 6.76. The third kappa shape index (κ3) is 2.50. The predicted molar refractivity (Wildman–Crippen MR) is 68.9 cm³/mol. The van der Waals surface area contributed by atoms with Crippen LogP contribution in [-0.2, 0) is 11.3 Å². The lowest BCUT2D eigenvalue weighted by Crippen LogP contribution is -2.41. The van der Waals surface area contributed by atoms with Gasteiger partial charge in [0, 0.05) is 18.5 Å². The van der Waals surface area contributed by atoms with Crippen LogP contribution in [0.4, 0.5) is 0 Å². The molecule has 1 N–H and O–H groups in total. The van der Waals surface area contributed by atoms with Crippen LogP contribution in [0.15, 0.2) is 5.51 Å². The fourth-order valence-electron chi connectivity index (χ4n) is 2.23. The highest BCUT2D eigenvalue weighted by atomic mass is 32.1. The number of amides is 1. The topological polar surface area (TPSA) is 45.2 Å². The van der Waals surface area contributed by atoms with Crippen molar-refractivity contribution in [3.63, 3.8) is 0 Å². The van der Waals surface area contributed by atoms with E-state index in [0.717, 1.165) is 25.2 Å². The molecular weight excluding hydrogens is 234 g/mol. The van der Waals surface area contributed by atoms with Gasteiger partial charge in [0.05, 0.1) is 23.2 Å². The van der Waals surface area contributed by atoms with Gasteiger partial charge in [0.1, 0.15) is 0 Å². The Morgan fingerprint density at radius 3 is 3.00 bits per heavy atom. The van der Waals surface area contributed by atoms with Crippen LogP contribution in [0.3, 0.4) is 0 Å². The SMILES string of the molecule is Cc1ncsc1CN(C)C(=O)C1(C)CCNC1. The molecule has 0 bridgehead atoms. The van der Waals surface area contributed by atoms with Gasteiger partial charge in [0.25, 0.3) is 0 Å². The molecule has 0 saturated carbocycles. The molecule has 1 aliphatic heterocycles. The highest BCUT2D eigenvalue weighted by molar-refractivity contribution is 7.09. The molecule has 2 heterocycles. The molecule has 1 fully saturated rings. The first-order chi connectivity index (χ1) is 8.03. The van der Waals surface area contributed by atoms with Crippen LogP contribution in [0.25, 0.3) is 0 Å². The van der Waals surface area contributed by atoms with Gasteiger partial charge in [-0.05, 0) is 26.8 Å². The third-order valence-electron chi connectivity index (χ3n) is 3.46. The molecule has 4 nitrogen and oxygen atoms in total. The first-order valence-electron chi connectivity index (χ1n) is 5.88. The quantitative estimate of drug-likeness (QED) is 0.886. The van der Waals surface area contributed by atoms with Crippen molar-refractivity contribution in [2.75, 3.05) is 20.1 Å². The number of thiazole rings is 1. The summed E-state index contributed by atoms with van der Waals surface area (Å²) in [6.07, 6.45) is 0.928. The number of aryl methyl sites for hydroxylation is 1. The molecule has 2 rings (SSSR count). The maximum absolute atomic E-state index is 12.4. The summed E-state index contributed by atoms with van der Waals surface area (Å²) in [5.41, 5.74) is 2.64. The normalized spacial score (nSPS) is 23.9. The molecule has 1 amide bonds. The molecule has 0 spiro atoms. The molecule has 17 heavy (non-hydrogen) atoms. The van der Waals surface area contributed by atoms with Gasteiger partial charge in [-0.1, -0.05) is 0 Å². The smallest absolute Gasteiger partial charge is 0.229 e. The van der Waals surface area contributed by atoms with Crippen molar-refractivity contribution in [3.8, 4) is 0 Å². The number of hydrogen-bond acceptors (Lipinski definition) is 4. The third-order valence-corrected chi connectivity index (χ3v) is 4.38. The van der Waals surface area contributed by atoms with E-state index < -0.39 is 0 Å². The zero-order chi connectivity index (χ0) is 12.5. The van der Waals surface area contributed by atoms with Crippen molar-refractivity contribution in [1.29, 1.82) is 0 Å². The van der Waals surface area contributed by atoms with E-state index in [-0.39, 0.29) is 11.3 Å². The second kappa shape index (κ2) is 4.74. The lowest BCUT2D eigenvalue weighted by atomic mass is 9.88. The van der Waals surface area contributed by atoms with Gasteiger partial charge in [0.2, 0.25) is 5.91 Å². The Bertz CT molecular complexity index is 410. The summed E-state index contributed by atoms with van der Waals surface area (Å²) in [6.45, 7) is 6.44. The van der Waals surface area contributed by atoms with Crippen molar-refractivity contribution in [2.45, 2.75) is 26.8 Å². The summed E-state index contributed by atoms with van der Waals surface area (Å²) in [5, 5.41) is 3.26. The van der Waals surface area contributed by atoms with Gasteiger partial charge >= 0.3 is 0 Å². The Balaban J connectivity index is 2.03. The molecule has 0 aliphatic carbocycles. The fourth-order valence-corrected chi connectivity index (χ4v) is 3.05. The standard InChI is InChI=1S/C12H19N3OS/c1-9-10(17-8-14-9)6-15(3)11(16)12(2)4-5-13-7-12/h8,13H,4-7H2,1-3H3.